The Balaban J connectivity index is 2.16. The molecule has 0 heterocycles. The van der Waals surface area contributed by atoms with Gasteiger partial charge in [0.15, 0.2) is 0 Å². The number of anilines is 1. The van der Waals surface area contributed by atoms with Crippen LogP contribution in [0.25, 0.3) is 0 Å². The lowest BCUT2D eigenvalue weighted by Gasteiger charge is -2.26. The summed E-state index contributed by atoms with van der Waals surface area (Å²) in [6.07, 6.45) is 2.16. The zero-order valence-electron chi connectivity index (χ0n) is 10.7. The summed E-state index contributed by atoms with van der Waals surface area (Å²) >= 11 is 0. The first kappa shape index (κ1) is 12.0. The molecule has 1 aromatic rings. The molecular formula is C14H20N2O. The zero-order valence-corrected chi connectivity index (χ0v) is 10.7. The van der Waals surface area contributed by atoms with E-state index < -0.39 is 5.41 Å². The van der Waals surface area contributed by atoms with Crippen LogP contribution in [0.4, 0.5) is 5.69 Å². The molecule has 0 atom stereocenters. The van der Waals surface area contributed by atoms with Gasteiger partial charge >= 0.3 is 0 Å². The minimum atomic E-state index is -0.515. The predicted molar refractivity (Wildman–Crippen MR) is 69.7 cm³/mol. The van der Waals surface area contributed by atoms with Gasteiger partial charge in [0, 0.05) is 11.2 Å². The molecule has 0 radical (unpaired) electrons. The van der Waals surface area contributed by atoms with Gasteiger partial charge in [0.1, 0.15) is 0 Å². The van der Waals surface area contributed by atoms with Crippen LogP contribution in [-0.4, -0.2) is 11.4 Å². The quantitative estimate of drug-likeness (QED) is 0.785. The molecule has 3 N–H and O–H groups in total. The van der Waals surface area contributed by atoms with Crippen molar-refractivity contribution in [3.05, 3.63) is 29.8 Å². The third-order valence-electron chi connectivity index (χ3n) is 3.62. The Morgan fingerprint density at radius 2 is 1.82 bits per heavy atom. The van der Waals surface area contributed by atoms with Crippen molar-refractivity contribution in [3.8, 4) is 0 Å². The molecule has 3 heteroatoms. The van der Waals surface area contributed by atoms with Crippen LogP contribution in [0.1, 0.15) is 39.2 Å². The van der Waals surface area contributed by atoms with E-state index in [1.165, 1.54) is 0 Å². The summed E-state index contributed by atoms with van der Waals surface area (Å²) in [7, 11) is 0. The maximum atomic E-state index is 12.3. The van der Waals surface area contributed by atoms with Crippen LogP contribution in [0.15, 0.2) is 24.3 Å². The van der Waals surface area contributed by atoms with Gasteiger partial charge in [-0.3, -0.25) is 4.79 Å². The van der Waals surface area contributed by atoms with Gasteiger partial charge in [-0.05, 0) is 51.3 Å². The summed E-state index contributed by atoms with van der Waals surface area (Å²) in [5.74, 6) is 0.0854. The summed E-state index contributed by atoms with van der Waals surface area (Å²) in [4.78, 5) is 12.3. The van der Waals surface area contributed by atoms with E-state index in [0.717, 1.165) is 24.1 Å². The van der Waals surface area contributed by atoms with Crippen molar-refractivity contribution in [3.63, 3.8) is 0 Å². The Bertz CT molecular complexity index is 430. The number of carbonyl (C=O) groups excluding carboxylic acids is 1. The predicted octanol–water partition coefficient (Wildman–Crippen LogP) is 2.22. The number of nitrogens with one attached hydrogen (secondary N) is 1. The van der Waals surface area contributed by atoms with Crippen LogP contribution in [0.5, 0.6) is 0 Å². The molecule has 0 bridgehead atoms. The molecule has 0 unspecified atom stereocenters. The molecule has 3 nitrogen and oxygen atoms in total. The number of hydrogen-bond donors (Lipinski definition) is 2. The number of benzene rings is 1. The molecule has 17 heavy (non-hydrogen) atoms. The minimum Gasteiger partial charge on any atom is -0.399 e. The Morgan fingerprint density at radius 3 is 2.29 bits per heavy atom. The molecule has 0 aliphatic heterocycles. The topological polar surface area (TPSA) is 55.1 Å². The average Bonchev–Trinajstić information content (AvgIpc) is 2.96. The standard InChI is InChI=1S/C14H20N2O/c1-13(2,10-4-6-11(15)7-5-10)12(17)16-14(3)8-9-14/h4-7H,8-9,15H2,1-3H3,(H,16,17). The van der Waals surface area contributed by atoms with Crippen molar-refractivity contribution >= 4 is 11.6 Å². The normalized spacial score (nSPS) is 17.6. The molecule has 92 valence electrons. The molecule has 1 saturated carbocycles. The molecule has 1 amide bonds. The van der Waals surface area contributed by atoms with Gasteiger partial charge in [-0.1, -0.05) is 12.1 Å². The molecule has 2 rings (SSSR count). The molecular weight excluding hydrogens is 212 g/mol. The van der Waals surface area contributed by atoms with Crippen LogP contribution in [-0.2, 0) is 10.2 Å². The van der Waals surface area contributed by atoms with Crippen LogP contribution in [0.2, 0.25) is 0 Å². The number of nitrogen functional groups attached to an aromatic ring is 1. The van der Waals surface area contributed by atoms with Gasteiger partial charge in [-0.2, -0.15) is 0 Å². The van der Waals surface area contributed by atoms with E-state index in [9.17, 15) is 4.79 Å². The third-order valence-corrected chi connectivity index (χ3v) is 3.62. The van der Waals surface area contributed by atoms with Gasteiger partial charge in [0.2, 0.25) is 5.91 Å². The van der Waals surface area contributed by atoms with Crippen molar-refractivity contribution < 1.29 is 4.79 Å². The summed E-state index contributed by atoms with van der Waals surface area (Å²) in [6, 6.07) is 7.51. The first-order valence-electron chi connectivity index (χ1n) is 6.02. The number of hydrogen-bond acceptors (Lipinski definition) is 2. The Hall–Kier alpha value is -1.51. The second kappa shape index (κ2) is 3.76. The highest BCUT2D eigenvalue weighted by molar-refractivity contribution is 5.88. The molecule has 1 aromatic carbocycles. The summed E-state index contributed by atoms with van der Waals surface area (Å²) in [6.45, 7) is 5.98. The van der Waals surface area contributed by atoms with Gasteiger partial charge in [-0.25, -0.2) is 0 Å². The van der Waals surface area contributed by atoms with Crippen molar-refractivity contribution in [2.75, 3.05) is 5.73 Å². The SMILES string of the molecule is CC1(NC(=O)C(C)(C)c2ccc(N)cc2)CC1. The summed E-state index contributed by atoms with van der Waals surface area (Å²) in [5.41, 5.74) is 6.89. The maximum Gasteiger partial charge on any atom is 0.230 e. The van der Waals surface area contributed by atoms with Crippen LogP contribution in [0.3, 0.4) is 0 Å². The van der Waals surface area contributed by atoms with E-state index in [4.69, 9.17) is 5.73 Å². The van der Waals surface area contributed by atoms with E-state index in [-0.39, 0.29) is 11.4 Å². The lowest BCUT2D eigenvalue weighted by atomic mass is 9.83. The van der Waals surface area contributed by atoms with Crippen molar-refractivity contribution in [1.29, 1.82) is 0 Å². The monoisotopic (exact) mass is 232 g/mol. The lowest BCUT2D eigenvalue weighted by Crippen LogP contribution is -2.45. The van der Waals surface area contributed by atoms with E-state index in [0.29, 0.717) is 0 Å². The van der Waals surface area contributed by atoms with E-state index in [1.54, 1.807) is 0 Å². The van der Waals surface area contributed by atoms with Crippen LogP contribution >= 0.6 is 0 Å². The van der Waals surface area contributed by atoms with Gasteiger partial charge < -0.3 is 11.1 Å². The number of amides is 1. The highest BCUT2D eigenvalue weighted by Gasteiger charge is 2.42. The first-order chi connectivity index (χ1) is 7.83. The number of nitrogens with two attached hydrogens (primary N) is 1. The Kier molecular flexibility index (Phi) is 2.64. The van der Waals surface area contributed by atoms with Gasteiger partial charge in [0.05, 0.1) is 5.41 Å². The van der Waals surface area contributed by atoms with E-state index >= 15 is 0 Å². The molecule has 1 fully saturated rings. The van der Waals surface area contributed by atoms with Crippen molar-refractivity contribution in [1.82, 2.24) is 5.32 Å². The zero-order chi connectivity index (χ0) is 12.7. The van der Waals surface area contributed by atoms with E-state index in [2.05, 4.69) is 12.2 Å². The maximum absolute atomic E-state index is 12.3. The van der Waals surface area contributed by atoms with E-state index in [1.807, 2.05) is 38.1 Å². The minimum absolute atomic E-state index is 0.0299. The average molecular weight is 232 g/mol. The van der Waals surface area contributed by atoms with Gasteiger partial charge in [-0.15, -0.1) is 0 Å². The van der Waals surface area contributed by atoms with Crippen molar-refractivity contribution in [2.45, 2.75) is 44.6 Å². The first-order valence-corrected chi connectivity index (χ1v) is 6.02. The fourth-order valence-electron chi connectivity index (χ4n) is 1.77. The molecule has 0 spiro atoms. The lowest BCUT2D eigenvalue weighted by molar-refractivity contribution is -0.126. The van der Waals surface area contributed by atoms with Crippen molar-refractivity contribution in [2.24, 2.45) is 0 Å². The molecule has 0 saturated heterocycles. The molecule has 1 aliphatic carbocycles. The fourth-order valence-corrected chi connectivity index (χ4v) is 1.77. The highest BCUT2D eigenvalue weighted by atomic mass is 16.2. The fraction of sp³-hybridized carbons (Fsp3) is 0.500. The number of carbonyl (C=O) groups is 1. The van der Waals surface area contributed by atoms with Gasteiger partial charge in [0.25, 0.3) is 0 Å². The molecule has 0 aromatic heterocycles. The smallest absolute Gasteiger partial charge is 0.230 e. The largest absolute Gasteiger partial charge is 0.399 e. The molecule has 1 aliphatic rings. The second-order valence-corrected chi connectivity index (χ2v) is 5.76. The second-order valence-electron chi connectivity index (χ2n) is 5.76. The number of rotatable bonds is 3. The highest BCUT2D eigenvalue weighted by Crippen LogP contribution is 2.36. The summed E-state index contributed by atoms with van der Waals surface area (Å²) in [5, 5.41) is 3.11. The Morgan fingerprint density at radius 1 is 1.29 bits per heavy atom. The van der Waals surface area contributed by atoms with Crippen LogP contribution in [0, 0.1) is 0 Å². The van der Waals surface area contributed by atoms with Crippen LogP contribution < -0.4 is 11.1 Å². The Labute approximate surface area is 102 Å². The summed E-state index contributed by atoms with van der Waals surface area (Å²) < 4.78 is 0. The third kappa shape index (κ3) is 2.43.